The van der Waals surface area contributed by atoms with Gasteiger partial charge in [0.15, 0.2) is 0 Å². The van der Waals surface area contributed by atoms with Crippen molar-refractivity contribution in [3.05, 3.63) is 17.5 Å². The Balaban J connectivity index is 1.88. The van der Waals surface area contributed by atoms with Gasteiger partial charge in [-0.15, -0.1) is 0 Å². The minimum atomic E-state index is -0.0102. The lowest BCUT2D eigenvalue weighted by Gasteiger charge is -2.22. The van der Waals surface area contributed by atoms with Crippen molar-refractivity contribution >= 4 is 5.97 Å². The third kappa shape index (κ3) is 2.08. The highest BCUT2D eigenvalue weighted by molar-refractivity contribution is 5.73. The van der Waals surface area contributed by atoms with Crippen LogP contribution in [0, 0.1) is 5.92 Å². The van der Waals surface area contributed by atoms with Gasteiger partial charge in [0.25, 0.3) is 0 Å². The number of carbonyl (C=O) groups excluding carboxylic acids is 1. The second-order valence-corrected chi connectivity index (χ2v) is 5.01. The predicted octanol–water partition coefficient (Wildman–Crippen LogP) is 1.72. The van der Waals surface area contributed by atoms with Crippen LogP contribution in [0.25, 0.3) is 0 Å². The predicted molar refractivity (Wildman–Crippen MR) is 62.6 cm³/mol. The minimum absolute atomic E-state index is 0.0102. The molecule has 0 aromatic carbocycles. The first-order valence-corrected chi connectivity index (χ1v) is 6.55. The highest BCUT2D eigenvalue weighted by Crippen LogP contribution is 2.27. The van der Waals surface area contributed by atoms with Gasteiger partial charge in [0.2, 0.25) is 0 Å². The summed E-state index contributed by atoms with van der Waals surface area (Å²) in [5, 5.41) is 4.45. The van der Waals surface area contributed by atoms with Crippen LogP contribution in [0.15, 0.2) is 6.20 Å². The molecule has 4 bridgehead atoms. The Kier molecular flexibility index (Phi) is 2.87. The number of ether oxygens (including phenoxy) is 1. The van der Waals surface area contributed by atoms with E-state index in [9.17, 15) is 4.79 Å². The van der Waals surface area contributed by atoms with Gasteiger partial charge in [-0.05, 0) is 44.1 Å². The van der Waals surface area contributed by atoms with E-state index in [0.29, 0.717) is 6.61 Å². The van der Waals surface area contributed by atoms with Gasteiger partial charge in [0.05, 0.1) is 18.7 Å². The fraction of sp³-hybridized carbons (Fsp3) is 0.692. The molecule has 0 saturated carbocycles. The lowest BCUT2D eigenvalue weighted by atomic mass is 9.87. The smallest absolute Gasteiger partial charge is 0.309 e. The van der Waals surface area contributed by atoms with Gasteiger partial charge in [-0.25, -0.2) is 0 Å². The van der Waals surface area contributed by atoms with Gasteiger partial charge in [0, 0.05) is 12.2 Å². The van der Waals surface area contributed by atoms with Crippen LogP contribution in [0.3, 0.4) is 0 Å². The molecule has 0 N–H and O–H groups in total. The number of esters is 1. The number of nitrogens with zero attached hydrogens (tertiary/aromatic N) is 2. The SMILES string of the molecule is O=C1OCCCCCn2ncc3c2CCC1C3. The Morgan fingerprint density at radius 2 is 2.29 bits per heavy atom. The number of hydrogen-bond acceptors (Lipinski definition) is 3. The molecule has 4 heteroatoms. The second kappa shape index (κ2) is 4.51. The van der Waals surface area contributed by atoms with Crippen LogP contribution in [0.5, 0.6) is 0 Å². The van der Waals surface area contributed by atoms with Crippen LogP contribution in [0.2, 0.25) is 0 Å². The summed E-state index contributed by atoms with van der Waals surface area (Å²) in [5.41, 5.74) is 2.59. The van der Waals surface area contributed by atoms with Gasteiger partial charge >= 0.3 is 5.97 Å². The molecule has 1 aliphatic carbocycles. The summed E-state index contributed by atoms with van der Waals surface area (Å²) < 4.78 is 7.47. The molecule has 0 fully saturated rings. The van der Waals surface area contributed by atoms with Crippen molar-refractivity contribution in [2.75, 3.05) is 6.61 Å². The molecule has 0 spiro atoms. The topological polar surface area (TPSA) is 44.1 Å². The van der Waals surface area contributed by atoms with Gasteiger partial charge in [-0.1, -0.05) is 0 Å². The number of carbonyl (C=O) groups is 1. The molecule has 0 saturated heterocycles. The third-order valence-electron chi connectivity index (χ3n) is 3.82. The molecule has 92 valence electrons. The average molecular weight is 234 g/mol. The lowest BCUT2D eigenvalue weighted by molar-refractivity contribution is -0.149. The molecule has 2 aliphatic heterocycles. The Morgan fingerprint density at radius 3 is 3.24 bits per heavy atom. The van der Waals surface area contributed by atoms with Crippen molar-refractivity contribution < 1.29 is 9.53 Å². The van der Waals surface area contributed by atoms with Gasteiger partial charge in [-0.3, -0.25) is 9.48 Å². The Morgan fingerprint density at radius 1 is 1.35 bits per heavy atom. The largest absolute Gasteiger partial charge is 0.465 e. The van der Waals surface area contributed by atoms with Crippen molar-refractivity contribution in [1.29, 1.82) is 0 Å². The van der Waals surface area contributed by atoms with Gasteiger partial charge in [-0.2, -0.15) is 5.10 Å². The number of fused-ring (bicyclic) bond motifs is 7. The van der Waals surface area contributed by atoms with E-state index < -0.39 is 0 Å². The van der Waals surface area contributed by atoms with Crippen LogP contribution in [0.4, 0.5) is 0 Å². The van der Waals surface area contributed by atoms with E-state index >= 15 is 0 Å². The van der Waals surface area contributed by atoms with Crippen LogP contribution in [-0.2, 0) is 28.9 Å². The van der Waals surface area contributed by atoms with E-state index in [1.165, 1.54) is 11.3 Å². The first-order valence-electron chi connectivity index (χ1n) is 6.55. The van der Waals surface area contributed by atoms with Crippen molar-refractivity contribution in [2.45, 2.75) is 45.1 Å². The van der Waals surface area contributed by atoms with Gasteiger partial charge in [0.1, 0.15) is 0 Å². The lowest BCUT2D eigenvalue weighted by Crippen LogP contribution is -2.26. The molecule has 0 amide bonds. The molecule has 4 rings (SSSR count). The summed E-state index contributed by atoms with van der Waals surface area (Å²) in [6.07, 6.45) is 7.83. The second-order valence-electron chi connectivity index (χ2n) is 5.01. The van der Waals surface area contributed by atoms with E-state index in [1.54, 1.807) is 0 Å². The Bertz CT molecular complexity index is 425. The fourth-order valence-corrected chi connectivity index (χ4v) is 2.81. The average Bonchev–Trinajstić information content (AvgIpc) is 2.74. The van der Waals surface area contributed by atoms with Crippen LogP contribution in [0.1, 0.15) is 36.9 Å². The highest BCUT2D eigenvalue weighted by Gasteiger charge is 2.28. The van der Waals surface area contributed by atoms with E-state index in [4.69, 9.17) is 4.74 Å². The number of aryl methyl sites for hydroxylation is 1. The normalized spacial score (nSPS) is 24.9. The summed E-state index contributed by atoms with van der Waals surface area (Å²) in [7, 11) is 0. The molecule has 3 heterocycles. The molecule has 3 aliphatic rings. The Hall–Kier alpha value is -1.32. The zero-order valence-corrected chi connectivity index (χ0v) is 10.0. The molecule has 1 aromatic heterocycles. The fourth-order valence-electron chi connectivity index (χ4n) is 2.81. The monoisotopic (exact) mass is 234 g/mol. The first kappa shape index (κ1) is 10.8. The Labute approximate surface area is 101 Å². The highest BCUT2D eigenvalue weighted by atomic mass is 16.5. The first-order chi connectivity index (χ1) is 8.34. The molecule has 1 unspecified atom stereocenters. The molecule has 1 aromatic rings. The molecule has 0 radical (unpaired) electrons. The number of rotatable bonds is 0. The molecule has 4 nitrogen and oxygen atoms in total. The molecular weight excluding hydrogens is 216 g/mol. The van der Waals surface area contributed by atoms with Crippen molar-refractivity contribution in [3.63, 3.8) is 0 Å². The maximum Gasteiger partial charge on any atom is 0.309 e. The van der Waals surface area contributed by atoms with Gasteiger partial charge < -0.3 is 4.74 Å². The van der Waals surface area contributed by atoms with Crippen molar-refractivity contribution in [2.24, 2.45) is 5.92 Å². The summed E-state index contributed by atoms with van der Waals surface area (Å²) in [4.78, 5) is 11.9. The minimum Gasteiger partial charge on any atom is -0.465 e. The summed E-state index contributed by atoms with van der Waals surface area (Å²) in [5.74, 6) is 0.0450. The van der Waals surface area contributed by atoms with E-state index in [0.717, 1.165) is 45.1 Å². The zero-order chi connectivity index (χ0) is 11.7. The zero-order valence-electron chi connectivity index (χ0n) is 10.0. The van der Waals surface area contributed by atoms with Crippen LogP contribution < -0.4 is 0 Å². The van der Waals surface area contributed by atoms with Crippen molar-refractivity contribution in [3.8, 4) is 0 Å². The molecule has 17 heavy (non-hydrogen) atoms. The quantitative estimate of drug-likeness (QED) is 0.642. The van der Waals surface area contributed by atoms with Crippen molar-refractivity contribution in [1.82, 2.24) is 9.78 Å². The summed E-state index contributed by atoms with van der Waals surface area (Å²) >= 11 is 0. The maximum absolute atomic E-state index is 11.9. The summed E-state index contributed by atoms with van der Waals surface area (Å²) in [6.45, 7) is 1.59. The molecular formula is C13H18N2O2. The molecule has 1 atom stereocenters. The van der Waals surface area contributed by atoms with Crippen LogP contribution >= 0.6 is 0 Å². The van der Waals surface area contributed by atoms with Crippen LogP contribution in [-0.4, -0.2) is 22.4 Å². The number of aromatic nitrogens is 2. The van der Waals surface area contributed by atoms with E-state index in [1.807, 2.05) is 6.20 Å². The van der Waals surface area contributed by atoms with E-state index in [2.05, 4.69) is 9.78 Å². The number of hydrogen-bond donors (Lipinski definition) is 0. The third-order valence-corrected chi connectivity index (χ3v) is 3.82. The van der Waals surface area contributed by atoms with E-state index in [-0.39, 0.29) is 11.9 Å². The standard InChI is InChI=1S/C13H18N2O2/c16-13-10-4-5-12-11(8-10)9-14-15(12)6-2-1-3-7-17-13/h9-10H,1-8H2. The maximum atomic E-state index is 11.9. The summed E-state index contributed by atoms with van der Waals surface area (Å²) in [6, 6.07) is 0.